The molecule has 17 heavy (non-hydrogen) atoms. The lowest BCUT2D eigenvalue weighted by Gasteiger charge is -2.12. The van der Waals surface area contributed by atoms with E-state index in [1.54, 1.807) is 13.2 Å². The minimum absolute atomic E-state index is 0.0934. The molecule has 2 aromatic rings. The number of thiazole rings is 1. The predicted octanol–water partition coefficient (Wildman–Crippen LogP) is 2.29. The number of aromatic nitrogens is 3. The van der Waals surface area contributed by atoms with Gasteiger partial charge in [-0.1, -0.05) is 0 Å². The van der Waals surface area contributed by atoms with Crippen LogP contribution in [0.5, 0.6) is 0 Å². The van der Waals surface area contributed by atoms with Gasteiger partial charge in [0.15, 0.2) is 11.6 Å². The number of halogens is 1. The summed E-state index contributed by atoms with van der Waals surface area (Å²) in [6, 6.07) is -0.0934. The monoisotopic (exact) mass is 253 g/mol. The molecule has 2 rings (SSSR count). The van der Waals surface area contributed by atoms with E-state index < -0.39 is 5.82 Å². The van der Waals surface area contributed by atoms with Gasteiger partial charge in [0, 0.05) is 18.6 Å². The third-order valence-corrected chi connectivity index (χ3v) is 3.10. The standard InChI is InChI=1S/C10H12FN5S/c1-6(9-13-3-4-17-9)15-8-7(11)5-14-10(12-2)16-8/h3-6H,1-2H3,(H2,12,14,15,16). The highest BCUT2D eigenvalue weighted by molar-refractivity contribution is 7.09. The third-order valence-electron chi connectivity index (χ3n) is 2.14. The molecule has 1 unspecified atom stereocenters. The Hall–Kier alpha value is -1.76. The molecule has 2 aromatic heterocycles. The van der Waals surface area contributed by atoms with Crippen LogP contribution in [0.4, 0.5) is 16.2 Å². The van der Waals surface area contributed by atoms with Gasteiger partial charge in [0.25, 0.3) is 0 Å². The van der Waals surface area contributed by atoms with Crippen LogP contribution in [0.1, 0.15) is 18.0 Å². The van der Waals surface area contributed by atoms with Gasteiger partial charge in [-0.15, -0.1) is 11.3 Å². The lowest BCUT2D eigenvalue weighted by atomic mass is 10.3. The van der Waals surface area contributed by atoms with Gasteiger partial charge in [0.2, 0.25) is 5.95 Å². The van der Waals surface area contributed by atoms with E-state index in [-0.39, 0.29) is 11.9 Å². The van der Waals surface area contributed by atoms with Crippen molar-refractivity contribution in [2.75, 3.05) is 17.7 Å². The van der Waals surface area contributed by atoms with E-state index in [0.29, 0.717) is 5.95 Å². The maximum Gasteiger partial charge on any atom is 0.224 e. The van der Waals surface area contributed by atoms with E-state index in [1.165, 1.54) is 11.3 Å². The molecule has 0 aliphatic heterocycles. The second-order valence-electron chi connectivity index (χ2n) is 3.38. The fourth-order valence-electron chi connectivity index (χ4n) is 1.30. The van der Waals surface area contributed by atoms with E-state index in [2.05, 4.69) is 25.6 Å². The molecular weight excluding hydrogens is 241 g/mol. The summed E-state index contributed by atoms with van der Waals surface area (Å²) in [5, 5.41) is 8.49. The molecule has 2 N–H and O–H groups in total. The molecule has 0 radical (unpaired) electrons. The molecule has 0 bridgehead atoms. The van der Waals surface area contributed by atoms with Crippen molar-refractivity contribution in [2.24, 2.45) is 0 Å². The Balaban J connectivity index is 2.18. The van der Waals surface area contributed by atoms with E-state index >= 15 is 0 Å². The van der Waals surface area contributed by atoms with Crippen molar-refractivity contribution in [3.63, 3.8) is 0 Å². The number of hydrogen-bond acceptors (Lipinski definition) is 6. The zero-order valence-electron chi connectivity index (χ0n) is 9.44. The lowest BCUT2D eigenvalue weighted by Crippen LogP contribution is -2.10. The molecule has 2 heterocycles. The highest BCUT2D eigenvalue weighted by Crippen LogP contribution is 2.21. The van der Waals surface area contributed by atoms with E-state index in [4.69, 9.17) is 0 Å². The molecular formula is C10H12FN5S. The molecule has 0 aliphatic rings. The first-order valence-electron chi connectivity index (χ1n) is 5.07. The van der Waals surface area contributed by atoms with Crippen LogP contribution in [-0.4, -0.2) is 22.0 Å². The summed E-state index contributed by atoms with van der Waals surface area (Å²) >= 11 is 1.51. The van der Waals surface area contributed by atoms with E-state index in [9.17, 15) is 4.39 Å². The van der Waals surface area contributed by atoms with Crippen LogP contribution in [0.3, 0.4) is 0 Å². The van der Waals surface area contributed by atoms with Crippen molar-refractivity contribution in [1.29, 1.82) is 0 Å². The largest absolute Gasteiger partial charge is 0.359 e. The van der Waals surface area contributed by atoms with Crippen molar-refractivity contribution in [3.8, 4) is 0 Å². The Morgan fingerprint density at radius 3 is 2.88 bits per heavy atom. The Bertz CT molecular complexity index is 487. The van der Waals surface area contributed by atoms with Crippen molar-refractivity contribution >= 4 is 23.1 Å². The lowest BCUT2D eigenvalue weighted by molar-refractivity contribution is 0.614. The summed E-state index contributed by atoms with van der Waals surface area (Å²) < 4.78 is 13.5. The topological polar surface area (TPSA) is 62.7 Å². The summed E-state index contributed by atoms with van der Waals surface area (Å²) in [7, 11) is 1.68. The van der Waals surface area contributed by atoms with Gasteiger partial charge in [0.1, 0.15) is 5.01 Å². The van der Waals surface area contributed by atoms with Crippen molar-refractivity contribution in [2.45, 2.75) is 13.0 Å². The second kappa shape index (κ2) is 5.05. The summed E-state index contributed by atoms with van der Waals surface area (Å²) in [5.41, 5.74) is 0. The van der Waals surface area contributed by atoms with Crippen LogP contribution in [0, 0.1) is 5.82 Å². The molecule has 0 spiro atoms. The summed E-state index contributed by atoms with van der Waals surface area (Å²) in [4.78, 5) is 11.9. The molecule has 0 fully saturated rings. The van der Waals surface area contributed by atoms with Crippen LogP contribution < -0.4 is 10.6 Å². The van der Waals surface area contributed by atoms with Crippen molar-refractivity contribution < 1.29 is 4.39 Å². The van der Waals surface area contributed by atoms with Gasteiger partial charge < -0.3 is 10.6 Å². The maximum atomic E-state index is 13.5. The third kappa shape index (κ3) is 2.68. The quantitative estimate of drug-likeness (QED) is 0.875. The highest BCUT2D eigenvalue weighted by atomic mass is 32.1. The molecule has 0 aliphatic carbocycles. The van der Waals surface area contributed by atoms with Crippen LogP contribution in [0.25, 0.3) is 0 Å². The zero-order chi connectivity index (χ0) is 12.3. The van der Waals surface area contributed by atoms with E-state index in [1.807, 2.05) is 12.3 Å². The minimum Gasteiger partial charge on any atom is -0.359 e. The number of anilines is 2. The fraction of sp³-hybridized carbons (Fsp3) is 0.300. The molecule has 1 atom stereocenters. The summed E-state index contributed by atoms with van der Waals surface area (Å²) in [5.74, 6) is 0.0692. The zero-order valence-corrected chi connectivity index (χ0v) is 10.3. The van der Waals surface area contributed by atoms with Crippen LogP contribution >= 0.6 is 11.3 Å². The van der Waals surface area contributed by atoms with Gasteiger partial charge in [0.05, 0.1) is 12.2 Å². The Kier molecular flexibility index (Phi) is 3.48. The predicted molar refractivity (Wildman–Crippen MR) is 65.7 cm³/mol. The first-order valence-corrected chi connectivity index (χ1v) is 5.95. The number of rotatable bonds is 4. The number of nitrogens with zero attached hydrogens (tertiary/aromatic N) is 3. The number of hydrogen-bond donors (Lipinski definition) is 2. The second-order valence-corrected chi connectivity index (χ2v) is 4.30. The molecule has 0 saturated heterocycles. The van der Waals surface area contributed by atoms with Gasteiger partial charge >= 0.3 is 0 Å². The van der Waals surface area contributed by atoms with Gasteiger partial charge in [-0.2, -0.15) is 4.98 Å². The fourth-order valence-corrected chi connectivity index (χ4v) is 1.95. The molecule has 0 saturated carbocycles. The Morgan fingerprint density at radius 2 is 2.24 bits per heavy atom. The average molecular weight is 253 g/mol. The van der Waals surface area contributed by atoms with Gasteiger partial charge in [-0.3, -0.25) is 0 Å². The summed E-state index contributed by atoms with van der Waals surface area (Å²) in [6.07, 6.45) is 2.85. The molecule has 0 aromatic carbocycles. The minimum atomic E-state index is -0.479. The molecule has 90 valence electrons. The SMILES string of the molecule is CNc1ncc(F)c(NC(C)c2nccs2)n1. The van der Waals surface area contributed by atoms with Gasteiger partial charge in [-0.25, -0.2) is 14.4 Å². The first kappa shape index (κ1) is 11.7. The normalized spacial score (nSPS) is 12.2. The number of nitrogens with one attached hydrogen (secondary N) is 2. The highest BCUT2D eigenvalue weighted by Gasteiger charge is 2.12. The smallest absolute Gasteiger partial charge is 0.224 e. The van der Waals surface area contributed by atoms with E-state index in [0.717, 1.165) is 11.2 Å². The van der Waals surface area contributed by atoms with Crippen LogP contribution in [0.15, 0.2) is 17.8 Å². The molecule has 7 heteroatoms. The average Bonchev–Trinajstić information content (AvgIpc) is 2.85. The Labute approximate surface area is 102 Å². The molecule has 0 amide bonds. The van der Waals surface area contributed by atoms with Crippen molar-refractivity contribution in [3.05, 3.63) is 28.6 Å². The van der Waals surface area contributed by atoms with Crippen molar-refractivity contribution in [1.82, 2.24) is 15.0 Å². The molecule has 5 nitrogen and oxygen atoms in total. The maximum absolute atomic E-state index is 13.5. The first-order chi connectivity index (χ1) is 8.20. The van der Waals surface area contributed by atoms with Crippen LogP contribution in [-0.2, 0) is 0 Å². The Morgan fingerprint density at radius 1 is 1.41 bits per heavy atom. The summed E-state index contributed by atoms with van der Waals surface area (Å²) in [6.45, 7) is 1.90. The van der Waals surface area contributed by atoms with Crippen LogP contribution in [0.2, 0.25) is 0 Å². The van der Waals surface area contributed by atoms with Gasteiger partial charge in [-0.05, 0) is 6.92 Å².